The lowest BCUT2D eigenvalue weighted by atomic mass is 10.2. The largest absolute Gasteiger partial charge is 0.475 e. The predicted molar refractivity (Wildman–Crippen MR) is 86.8 cm³/mol. The van der Waals surface area contributed by atoms with E-state index in [2.05, 4.69) is 10.00 Å². The molecule has 23 heavy (non-hydrogen) atoms. The molecular formula is C16H26N4O3. The molecule has 0 radical (unpaired) electrons. The van der Waals surface area contributed by atoms with Crippen LogP contribution >= 0.6 is 0 Å². The molecule has 7 heteroatoms. The lowest BCUT2D eigenvalue weighted by molar-refractivity contribution is -0.131. The molecule has 3 heterocycles. The van der Waals surface area contributed by atoms with Gasteiger partial charge in [-0.15, -0.1) is 0 Å². The average molecular weight is 322 g/mol. The first-order chi connectivity index (χ1) is 11.2. The minimum Gasteiger partial charge on any atom is -0.475 e. The third-order valence-electron chi connectivity index (χ3n) is 4.52. The SMILES string of the molecule is CCC(=O)N1CCN(c2cc(OC[C@H]3CCCO3)n(C)n2)CC1. The smallest absolute Gasteiger partial charge is 0.222 e. The van der Waals surface area contributed by atoms with Crippen LogP contribution in [0.5, 0.6) is 5.88 Å². The van der Waals surface area contributed by atoms with Crippen molar-refractivity contribution in [1.82, 2.24) is 14.7 Å². The number of piperazine rings is 1. The molecule has 1 aromatic heterocycles. The van der Waals surface area contributed by atoms with Crippen LogP contribution < -0.4 is 9.64 Å². The number of carbonyl (C=O) groups excluding carboxylic acids is 1. The molecular weight excluding hydrogens is 296 g/mol. The normalized spacial score (nSPS) is 21.7. The van der Waals surface area contributed by atoms with Crippen LogP contribution in [-0.4, -0.2) is 66.1 Å². The maximum Gasteiger partial charge on any atom is 0.222 e. The summed E-state index contributed by atoms with van der Waals surface area (Å²) in [5, 5.41) is 4.54. The van der Waals surface area contributed by atoms with Gasteiger partial charge in [0.05, 0.1) is 6.10 Å². The van der Waals surface area contributed by atoms with E-state index >= 15 is 0 Å². The highest BCUT2D eigenvalue weighted by molar-refractivity contribution is 5.76. The van der Waals surface area contributed by atoms with Gasteiger partial charge in [-0.3, -0.25) is 4.79 Å². The number of hydrogen-bond donors (Lipinski definition) is 0. The van der Waals surface area contributed by atoms with Gasteiger partial charge in [0.2, 0.25) is 11.8 Å². The summed E-state index contributed by atoms with van der Waals surface area (Å²) in [6, 6.07) is 1.98. The Labute approximate surface area is 137 Å². The molecule has 0 aliphatic carbocycles. The fourth-order valence-electron chi connectivity index (χ4n) is 3.09. The van der Waals surface area contributed by atoms with E-state index in [1.807, 2.05) is 24.9 Å². The maximum atomic E-state index is 11.7. The Balaban J connectivity index is 1.54. The van der Waals surface area contributed by atoms with Gasteiger partial charge >= 0.3 is 0 Å². The molecule has 0 aromatic carbocycles. The Morgan fingerprint density at radius 2 is 2.17 bits per heavy atom. The van der Waals surface area contributed by atoms with Gasteiger partial charge in [-0.05, 0) is 12.8 Å². The molecule has 0 unspecified atom stereocenters. The quantitative estimate of drug-likeness (QED) is 0.810. The van der Waals surface area contributed by atoms with Crippen molar-refractivity contribution >= 4 is 11.7 Å². The van der Waals surface area contributed by atoms with E-state index in [-0.39, 0.29) is 12.0 Å². The number of ether oxygens (including phenoxy) is 2. The first-order valence-corrected chi connectivity index (χ1v) is 8.48. The number of nitrogens with zero attached hydrogens (tertiary/aromatic N) is 4. The molecule has 2 fully saturated rings. The van der Waals surface area contributed by atoms with Gasteiger partial charge in [0.15, 0.2) is 5.82 Å². The molecule has 2 saturated heterocycles. The predicted octanol–water partition coefficient (Wildman–Crippen LogP) is 1.04. The summed E-state index contributed by atoms with van der Waals surface area (Å²) >= 11 is 0. The van der Waals surface area contributed by atoms with E-state index in [1.54, 1.807) is 4.68 Å². The van der Waals surface area contributed by atoms with Gasteiger partial charge in [-0.1, -0.05) is 6.92 Å². The second-order valence-electron chi connectivity index (χ2n) is 6.13. The lowest BCUT2D eigenvalue weighted by Gasteiger charge is -2.34. The van der Waals surface area contributed by atoms with E-state index in [1.165, 1.54) is 0 Å². The van der Waals surface area contributed by atoms with Crippen LogP contribution in [0.15, 0.2) is 6.07 Å². The van der Waals surface area contributed by atoms with Gasteiger partial charge < -0.3 is 19.3 Å². The van der Waals surface area contributed by atoms with Crippen LogP contribution in [-0.2, 0) is 16.6 Å². The second-order valence-corrected chi connectivity index (χ2v) is 6.13. The molecule has 0 saturated carbocycles. The van der Waals surface area contributed by atoms with Crippen molar-refractivity contribution in [3.05, 3.63) is 6.07 Å². The molecule has 1 amide bonds. The third-order valence-corrected chi connectivity index (χ3v) is 4.52. The monoisotopic (exact) mass is 322 g/mol. The molecule has 0 spiro atoms. The minimum atomic E-state index is 0.206. The fraction of sp³-hybridized carbons (Fsp3) is 0.750. The summed E-state index contributed by atoms with van der Waals surface area (Å²) in [5.74, 6) is 1.91. The molecule has 1 aromatic rings. The van der Waals surface area contributed by atoms with Crippen LogP contribution in [0.4, 0.5) is 5.82 Å². The Kier molecular flexibility index (Phi) is 5.05. The molecule has 128 valence electrons. The highest BCUT2D eigenvalue weighted by atomic mass is 16.5. The summed E-state index contributed by atoms with van der Waals surface area (Å²) < 4.78 is 13.2. The molecule has 1 atom stereocenters. The molecule has 3 rings (SSSR count). The van der Waals surface area contributed by atoms with Crippen molar-refractivity contribution in [2.24, 2.45) is 7.05 Å². The molecule has 2 aliphatic rings. The van der Waals surface area contributed by atoms with Crippen molar-refractivity contribution in [2.75, 3.05) is 44.3 Å². The number of hydrogen-bond acceptors (Lipinski definition) is 5. The van der Waals surface area contributed by atoms with E-state index in [4.69, 9.17) is 9.47 Å². The average Bonchev–Trinajstić information content (AvgIpc) is 3.22. The van der Waals surface area contributed by atoms with E-state index in [0.717, 1.165) is 57.3 Å². The maximum absolute atomic E-state index is 11.7. The number of anilines is 1. The van der Waals surface area contributed by atoms with Crippen molar-refractivity contribution in [2.45, 2.75) is 32.3 Å². The van der Waals surface area contributed by atoms with Crippen LogP contribution in [0, 0.1) is 0 Å². The standard InChI is InChI=1S/C16H26N4O3/c1-3-15(21)20-8-6-19(7-9-20)14-11-16(18(2)17-14)23-12-13-5-4-10-22-13/h11,13H,3-10,12H2,1-2H3/t13-/m1/s1. The van der Waals surface area contributed by atoms with Crippen molar-refractivity contribution in [3.8, 4) is 5.88 Å². The topological polar surface area (TPSA) is 59.8 Å². The Bertz CT molecular complexity index is 531. The Hall–Kier alpha value is -1.76. The zero-order chi connectivity index (χ0) is 16.2. The number of rotatable bonds is 5. The minimum absolute atomic E-state index is 0.206. The lowest BCUT2D eigenvalue weighted by Crippen LogP contribution is -2.48. The third kappa shape index (κ3) is 3.77. The first kappa shape index (κ1) is 16.1. The summed E-state index contributed by atoms with van der Waals surface area (Å²) in [6.45, 7) is 6.47. The molecule has 2 aliphatic heterocycles. The highest BCUT2D eigenvalue weighted by Crippen LogP contribution is 2.22. The molecule has 7 nitrogen and oxygen atoms in total. The summed E-state index contributed by atoms with van der Waals surface area (Å²) in [5.41, 5.74) is 0. The zero-order valence-corrected chi connectivity index (χ0v) is 14.0. The molecule has 0 N–H and O–H groups in total. The van der Waals surface area contributed by atoms with Gasteiger partial charge in [0.1, 0.15) is 6.61 Å². The Morgan fingerprint density at radius 3 is 2.83 bits per heavy atom. The molecule has 0 bridgehead atoms. The fourth-order valence-corrected chi connectivity index (χ4v) is 3.09. The second kappa shape index (κ2) is 7.21. The van der Waals surface area contributed by atoms with Crippen molar-refractivity contribution < 1.29 is 14.3 Å². The van der Waals surface area contributed by atoms with Crippen LogP contribution in [0.2, 0.25) is 0 Å². The number of carbonyl (C=O) groups is 1. The van der Waals surface area contributed by atoms with Crippen LogP contribution in [0.3, 0.4) is 0 Å². The van der Waals surface area contributed by atoms with Crippen LogP contribution in [0.25, 0.3) is 0 Å². The van der Waals surface area contributed by atoms with E-state index in [9.17, 15) is 4.79 Å². The van der Waals surface area contributed by atoms with Crippen LogP contribution in [0.1, 0.15) is 26.2 Å². The number of amides is 1. The number of aryl methyl sites for hydroxylation is 1. The highest BCUT2D eigenvalue weighted by Gasteiger charge is 2.23. The van der Waals surface area contributed by atoms with Gasteiger partial charge in [0, 0.05) is 52.3 Å². The van der Waals surface area contributed by atoms with Gasteiger partial charge in [0.25, 0.3) is 0 Å². The van der Waals surface area contributed by atoms with Crippen molar-refractivity contribution in [1.29, 1.82) is 0 Å². The van der Waals surface area contributed by atoms with Crippen molar-refractivity contribution in [3.63, 3.8) is 0 Å². The van der Waals surface area contributed by atoms with E-state index in [0.29, 0.717) is 13.0 Å². The zero-order valence-electron chi connectivity index (χ0n) is 14.0. The van der Waals surface area contributed by atoms with E-state index < -0.39 is 0 Å². The summed E-state index contributed by atoms with van der Waals surface area (Å²) in [7, 11) is 1.89. The summed E-state index contributed by atoms with van der Waals surface area (Å²) in [6.07, 6.45) is 2.96. The van der Waals surface area contributed by atoms with Gasteiger partial charge in [-0.2, -0.15) is 5.10 Å². The Morgan fingerprint density at radius 1 is 1.39 bits per heavy atom. The summed E-state index contributed by atoms with van der Waals surface area (Å²) in [4.78, 5) is 15.9. The number of aromatic nitrogens is 2. The first-order valence-electron chi connectivity index (χ1n) is 8.48. The van der Waals surface area contributed by atoms with Gasteiger partial charge in [-0.25, -0.2) is 4.68 Å².